The summed E-state index contributed by atoms with van der Waals surface area (Å²) in [6, 6.07) is 2.12. The number of halogens is 3. The number of benzene rings is 1. The molecule has 0 fully saturated rings. The third-order valence-corrected chi connectivity index (χ3v) is 2.26. The number of nitrogens with zero attached hydrogens (tertiary/aromatic N) is 1. The molecule has 6 heteroatoms. The SMILES string of the molecule is NC(N)=Nc1cc(F)c(I)c(F)c1. The molecule has 0 aliphatic heterocycles. The fraction of sp³-hybridized carbons (Fsp3) is 0. The molecular weight excluding hydrogens is 291 g/mol. The van der Waals surface area contributed by atoms with Crippen LogP contribution in [0.1, 0.15) is 0 Å². The van der Waals surface area contributed by atoms with Crippen LogP contribution in [-0.4, -0.2) is 5.96 Å². The first-order chi connectivity index (χ1) is 6.00. The van der Waals surface area contributed by atoms with Crippen LogP contribution in [0.3, 0.4) is 0 Å². The van der Waals surface area contributed by atoms with E-state index in [-0.39, 0.29) is 15.2 Å². The van der Waals surface area contributed by atoms with Crippen LogP contribution >= 0.6 is 22.6 Å². The largest absolute Gasteiger partial charge is 0.370 e. The summed E-state index contributed by atoms with van der Waals surface area (Å²) in [6.45, 7) is 0. The quantitative estimate of drug-likeness (QED) is 0.357. The van der Waals surface area contributed by atoms with Gasteiger partial charge in [0.2, 0.25) is 0 Å². The molecule has 0 amide bonds. The first kappa shape index (κ1) is 10.2. The Morgan fingerprint density at radius 3 is 2.08 bits per heavy atom. The van der Waals surface area contributed by atoms with Gasteiger partial charge in [-0.2, -0.15) is 0 Å². The minimum absolute atomic E-state index is 0.0652. The van der Waals surface area contributed by atoms with Crippen LogP contribution in [0.5, 0.6) is 0 Å². The van der Waals surface area contributed by atoms with Crippen molar-refractivity contribution in [3.05, 3.63) is 27.3 Å². The van der Waals surface area contributed by atoms with Gasteiger partial charge in [0.25, 0.3) is 0 Å². The van der Waals surface area contributed by atoms with E-state index in [1.165, 1.54) is 0 Å². The molecule has 1 rings (SSSR count). The van der Waals surface area contributed by atoms with Gasteiger partial charge >= 0.3 is 0 Å². The second-order valence-corrected chi connectivity index (χ2v) is 3.34. The molecule has 0 aliphatic carbocycles. The average Bonchev–Trinajstić information content (AvgIpc) is 1.98. The van der Waals surface area contributed by atoms with Crippen molar-refractivity contribution in [3.63, 3.8) is 0 Å². The highest BCUT2D eigenvalue weighted by Crippen LogP contribution is 2.21. The van der Waals surface area contributed by atoms with Gasteiger partial charge in [0.1, 0.15) is 11.6 Å². The number of nitrogens with two attached hydrogens (primary N) is 2. The van der Waals surface area contributed by atoms with E-state index < -0.39 is 11.6 Å². The predicted octanol–water partition coefficient (Wildman–Crippen LogP) is 1.47. The lowest BCUT2D eigenvalue weighted by Crippen LogP contribution is -2.21. The van der Waals surface area contributed by atoms with Crippen LogP contribution in [0.15, 0.2) is 17.1 Å². The smallest absolute Gasteiger partial charge is 0.191 e. The zero-order valence-corrected chi connectivity index (χ0v) is 8.55. The van der Waals surface area contributed by atoms with Crippen LogP contribution in [0.25, 0.3) is 0 Å². The molecule has 0 saturated heterocycles. The van der Waals surface area contributed by atoms with Crippen molar-refractivity contribution in [2.24, 2.45) is 16.5 Å². The molecular formula is C7H6F2IN3. The molecule has 0 unspecified atom stereocenters. The van der Waals surface area contributed by atoms with E-state index in [4.69, 9.17) is 11.5 Å². The van der Waals surface area contributed by atoms with Gasteiger partial charge in [-0.25, -0.2) is 13.8 Å². The molecule has 0 aromatic heterocycles. The Hall–Kier alpha value is -0.920. The normalized spacial score (nSPS) is 9.77. The third-order valence-electron chi connectivity index (χ3n) is 1.23. The molecule has 0 saturated carbocycles. The van der Waals surface area contributed by atoms with Crippen LogP contribution in [0.2, 0.25) is 0 Å². The van der Waals surface area contributed by atoms with Gasteiger partial charge in [0.15, 0.2) is 5.96 Å². The number of aliphatic imine (C=N–C) groups is 1. The maximum absolute atomic E-state index is 12.9. The number of hydrogen-bond acceptors (Lipinski definition) is 1. The van der Waals surface area contributed by atoms with Crippen molar-refractivity contribution >= 4 is 34.2 Å². The lowest BCUT2D eigenvalue weighted by Gasteiger charge is -1.99. The second kappa shape index (κ2) is 3.86. The molecule has 3 nitrogen and oxygen atoms in total. The van der Waals surface area contributed by atoms with Gasteiger partial charge in [0, 0.05) is 12.1 Å². The van der Waals surface area contributed by atoms with E-state index in [9.17, 15) is 8.78 Å². The molecule has 0 spiro atoms. The summed E-state index contributed by atoms with van der Waals surface area (Å²) in [5, 5.41) is 0. The van der Waals surface area contributed by atoms with Crippen molar-refractivity contribution in [2.45, 2.75) is 0 Å². The number of guanidine groups is 1. The number of hydrogen-bond donors (Lipinski definition) is 2. The standard InChI is InChI=1S/C7H6F2IN3/c8-4-1-3(13-7(11)12)2-5(9)6(4)10/h1-2H,(H4,11,12,13). The molecule has 13 heavy (non-hydrogen) atoms. The van der Waals surface area contributed by atoms with Crippen molar-refractivity contribution in [1.29, 1.82) is 0 Å². The maximum atomic E-state index is 12.9. The van der Waals surface area contributed by atoms with E-state index in [0.717, 1.165) is 12.1 Å². The lowest BCUT2D eigenvalue weighted by molar-refractivity contribution is 0.571. The van der Waals surface area contributed by atoms with Crippen LogP contribution in [-0.2, 0) is 0 Å². The Morgan fingerprint density at radius 1 is 1.23 bits per heavy atom. The zero-order valence-electron chi connectivity index (χ0n) is 6.39. The molecule has 0 bridgehead atoms. The Morgan fingerprint density at radius 2 is 1.69 bits per heavy atom. The van der Waals surface area contributed by atoms with Crippen molar-refractivity contribution in [2.75, 3.05) is 0 Å². The fourth-order valence-corrected chi connectivity index (χ4v) is 1.07. The zero-order chi connectivity index (χ0) is 10.0. The fourth-order valence-electron chi connectivity index (χ4n) is 0.756. The highest BCUT2D eigenvalue weighted by atomic mass is 127. The van der Waals surface area contributed by atoms with E-state index in [1.807, 2.05) is 0 Å². The van der Waals surface area contributed by atoms with Gasteiger partial charge in [-0.3, -0.25) is 0 Å². The third kappa shape index (κ3) is 2.51. The maximum Gasteiger partial charge on any atom is 0.191 e. The molecule has 0 radical (unpaired) electrons. The van der Waals surface area contributed by atoms with Gasteiger partial charge in [-0.1, -0.05) is 0 Å². The molecule has 70 valence electrons. The Balaban J connectivity index is 3.21. The highest BCUT2D eigenvalue weighted by Gasteiger charge is 2.07. The summed E-state index contributed by atoms with van der Waals surface area (Å²) < 4.78 is 25.7. The second-order valence-electron chi connectivity index (χ2n) is 2.26. The highest BCUT2D eigenvalue weighted by molar-refractivity contribution is 14.1. The lowest BCUT2D eigenvalue weighted by atomic mass is 10.3. The first-order valence-electron chi connectivity index (χ1n) is 3.25. The molecule has 1 aromatic rings. The first-order valence-corrected chi connectivity index (χ1v) is 4.32. The van der Waals surface area contributed by atoms with Gasteiger partial charge in [0.05, 0.1) is 9.26 Å². The Kier molecular flexibility index (Phi) is 3.02. The minimum Gasteiger partial charge on any atom is -0.370 e. The van der Waals surface area contributed by atoms with Crippen molar-refractivity contribution in [1.82, 2.24) is 0 Å². The van der Waals surface area contributed by atoms with Gasteiger partial charge < -0.3 is 11.5 Å². The van der Waals surface area contributed by atoms with E-state index in [1.54, 1.807) is 22.6 Å². The predicted molar refractivity (Wildman–Crippen MR) is 54.5 cm³/mol. The van der Waals surface area contributed by atoms with Crippen molar-refractivity contribution < 1.29 is 8.78 Å². The van der Waals surface area contributed by atoms with E-state index >= 15 is 0 Å². The molecule has 0 heterocycles. The summed E-state index contributed by atoms with van der Waals surface area (Å²) in [5.41, 5.74) is 10.2. The minimum atomic E-state index is -0.680. The topological polar surface area (TPSA) is 64.4 Å². The summed E-state index contributed by atoms with van der Waals surface area (Å²) >= 11 is 1.56. The Labute approximate surface area is 87.0 Å². The average molecular weight is 297 g/mol. The van der Waals surface area contributed by atoms with Crippen LogP contribution in [0.4, 0.5) is 14.5 Å². The van der Waals surface area contributed by atoms with Gasteiger partial charge in [-0.15, -0.1) is 0 Å². The molecule has 0 aliphatic rings. The number of rotatable bonds is 1. The molecule has 4 N–H and O–H groups in total. The van der Waals surface area contributed by atoms with Crippen LogP contribution < -0.4 is 11.5 Å². The van der Waals surface area contributed by atoms with Gasteiger partial charge in [-0.05, 0) is 22.6 Å². The van der Waals surface area contributed by atoms with E-state index in [0.29, 0.717) is 0 Å². The van der Waals surface area contributed by atoms with E-state index in [2.05, 4.69) is 4.99 Å². The molecule has 0 atom stereocenters. The van der Waals surface area contributed by atoms with Crippen LogP contribution in [0, 0.1) is 15.2 Å². The summed E-state index contributed by atoms with van der Waals surface area (Å²) in [5.74, 6) is -1.60. The summed E-state index contributed by atoms with van der Waals surface area (Å²) in [4.78, 5) is 3.51. The monoisotopic (exact) mass is 297 g/mol. The molecule has 1 aromatic carbocycles. The Bertz CT molecular complexity index is 338. The summed E-state index contributed by atoms with van der Waals surface area (Å²) in [6.07, 6.45) is 0. The summed E-state index contributed by atoms with van der Waals surface area (Å²) in [7, 11) is 0. The van der Waals surface area contributed by atoms with Crippen molar-refractivity contribution in [3.8, 4) is 0 Å².